The molecular weight excluding hydrogens is 365 g/mol. The highest BCUT2D eigenvalue weighted by Crippen LogP contribution is 2.26. The largest absolute Gasteiger partial charge is 0.481 e. The SMILES string of the molecule is C[C@H](Cc1ccc(CC(=O)O)cc1)N(C)C(=O)OCC(Cl)(Cl)Cl. The van der Waals surface area contributed by atoms with E-state index in [1.165, 1.54) is 4.90 Å². The number of amides is 1. The second-order valence-corrected chi connectivity index (χ2v) is 7.74. The normalized spacial score (nSPS) is 12.6. The Morgan fingerprint density at radius 3 is 2.22 bits per heavy atom. The monoisotopic (exact) mass is 381 g/mol. The second-order valence-electron chi connectivity index (χ2n) is 5.22. The number of carboxylic acids is 1. The molecule has 1 amide bonds. The van der Waals surface area contributed by atoms with E-state index < -0.39 is 15.9 Å². The molecule has 0 heterocycles. The van der Waals surface area contributed by atoms with Gasteiger partial charge in [0.1, 0.15) is 6.61 Å². The topological polar surface area (TPSA) is 66.8 Å². The first-order valence-corrected chi connectivity index (χ1v) is 7.98. The zero-order chi connectivity index (χ0) is 17.6. The highest BCUT2D eigenvalue weighted by Gasteiger charge is 2.25. The van der Waals surface area contributed by atoms with Crippen molar-refractivity contribution in [3.8, 4) is 0 Å². The highest BCUT2D eigenvalue weighted by molar-refractivity contribution is 6.67. The summed E-state index contributed by atoms with van der Waals surface area (Å²) >= 11 is 16.6. The van der Waals surface area contributed by atoms with E-state index in [0.717, 1.165) is 11.1 Å². The maximum absolute atomic E-state index is 11.9. The van der Waals surface area contributed by atoms with Gasteiger partial charge in [0.25, 0.3) is 0 Å². The zero-order valence-corrected chi connectivity index (χ0v) is 15.0. The van der Waals surface area contributed by atoms with Gasteiger partial charge >= 0.3 is 12.1 Å². The Morgan fingerprint density at radius 1 is 1.22 bits per heavy atom. The fourth-order valence-electron chi connectivity index (χ4n) is 1.87. The molecule has 128 valence electrons. The van der Waals surface area contributed by atoms with E-state index in [-0.39, 0.29) is 19.1 Å². The third-order valence-electron chi connectivity index (χ3n) is 3.22. The lowest BCUT2D eigenvalue weighted by atomic mass is 10.0. The molecule has 0 saturated heterocycles. The Bertz CT molecular complexity index is 543. The number of benzene rings is 1. The summed E-state index contributed by atoms with van der Waals surface area (Å²) in [5.41, 5.74) is 1.71. The molecule has 1 atom stereocenters. The van der Waals surface area contributed by atoms with Crippen molar-refractivity contribution in [1.29, 1.82) is 0 Å². The minimum absolute atomic E-state index is 0.0148. The number of hydrogen-bond donors (Lipinski definition) is 1. The molecule has 0 fully saturated rings. The number of likely N-dealkylation sites (N-methyl/N-ethyl adjacent to an activating group) is 1. The van der Waals surface area contributed by atoms with Crippen LogP contribution in [0.1, 0.15) is 18.1 Å². The van der Waals surface area contributed by atoms with Gasteiger partial charge in [-0.3, -0.25) is 4.79 Å². The Hall–Kier alpha value is -1.17. The maximum atomic E-state index is 11.9. The second kappa shape index (κ2) is 8.62. The van der Waals surface area contributed by atoms with Gasteiger partial charge in [0.15, 0.2) is 0 Å². The van der Waals surface area contributed by atoms with Gasteiger partial charge in [-0.25, -0.2) is 4.79 Å². The molecule has 0 radical (unpaired) electrons. The molecule has 1 aromatic rings. The first-order chi connectivity index (χ1) is 10.6. The van der Waals surface area contributed by atoms with Gasteiger partial charge < -0.3 is 14.7 Å². The van der Waals surface area contributed by atoms with Crippen molar-refractivity contribution in [2.24, 2.45) is 0 Å². The third kappa shape index (κ3) is 7.77. The Morgan fingerprint density at radius 2 is 1.74 bits per heavy atom. The highest BCUT2D eigenvalue weighted by atomic mass is 35.6. The van der Waals surface area contributed by atoms with E-state index in [9.17, 15) is 9.59 Å². The van der Waals surface area contributed by atoms with Crippen LogP contribution in [0.25, 0.3) is 0 Å². The minimum atomic E-state index is -1.64. The zero-order valence-electron chi connectivity index (χ0n) is 12.8. The number of alkyl halides is 3. The van der Waals surface area contributed by atoms with Gasteiger partial charge in [0.05, 0.1) is 6.42 Å². The van der Waals surface area contributed by atoms with E-state index in [4.69, 9.17) is 44.6 Å². The first kappa shape index (κ1) is 19.9. The van der Waals surface area contributed by atoms with E-state index >= 15 is 0 Å². The lowest BCUT2D eigenvalue weighted by Gasteiger charge is -2.25. The number of ether oxygens (including phenoxy) is 1. The summed E-state index contributed by atoms with van der Waals surface area (Å²) in [5, 5.41) is 8.74. The Labute approximate surface area is 150 Å². The molecular formula is C15H18Cl3NO4. The lowest BCUT2D eigenvalue weighted by molar-refractivity contribution is -0.136. The summed E-state index contributed by atoms with van der Waals surface area (Å²) in [7, 11) is 1.60. The van der Waals surface area contributed by atoms with Crippen LogP contribution in [0.3, 0.4) is 0 Å². The Kier molecular flexibility index (Phi) is 7.45. The summed E-state index contributed by atoms with van der Waals surface area (Å²) in [5.74, 6) is -0.873. The summed E-state index contributed by atoms with van der Waals surface area (Å²) in [6.45, 7) is 1.54. The van der Waals surface area contributed by atoms with Gasteiger partial charge in [0, 0.05) is 13.1 Å². The molecule has 1 N–H and O–H groups in total. The van der Waals surface area contributed by atoms with Crippen LogP contribution in [-0.4, -0.2) is 45.6 Å². The van der Waals surface area contributed by atoms with Crippen molar-refractivity contribution >= 4 is 46.9 Å². The van der Waals surface area contributed by atoms with Crippen LogP contribution in [0, 0.1) is 0 Å². The summed E-state index contributed by atoms with van der Waals surface area (Å²) in [4.78, 5) is 23.9. The first-order valence-electron chi connectivity index (χ1n) is 6.84. The summed E-state index contributed by atoms with van der Waals surface area (Å²) < 4.78 is 3.28. The average molecular weight is 383 g/mol. The predicted octanol–water partition coefficient (Wildman–Crippen LogP) is 3.68. The standard InChI is InChI=1S/C15H18Cl3NO4/c1-10(19(2)14(22)23-9-15(16,17)18)7-11-3-5-12(6-4-11)8-13(20)21/h3-6,10H,7-9H2,1-2H3,(H,20,21)/t10-/m1/s1. The number of halogens is 3. The van der Waals surface area contributed by atoms with E-state index in [2.05, 4.69) is 0 Å². The Balaban J connectivity index is 2.55. The molecule has 1 rings (SSSR count). The number of aliphatic carboxylic acids is 1. The van der Waals surface area contributed by atoms with Gasteiger partial charge in [0.2, 0.25) is 3.79 Å². The summed E-state index contributed by atoms with van der Waals surface area (Å²) in [6, 6.07) is 7.07. The molecule has 5 nitrogen and oxygen atoms in total. The fourth-order valence-corrected chi connectivity index (χ4v) is 2.03. The number of carboxylic acid groups (broad SMARTS) is 1. The lowest BCUT2D eigenvalue weighted by Crippen LogP contribution is -2.38. The number of rotatable bonds is 6. The van der Waals surface area contributed by atoms with Gasteiger partial charge in [-0.05, 0) is 24.5 Å². The molecule has 0 aromatic heterocycles. The number of carbonyl (C=O) groups is 2. The van der Waals surface area contributed by atoms with Crippen LogP contribution >= 0.6 is 34.8 Å². The predicted molar refractivity (Wildman–Crippen MR) is 90.3 cm³/mol. The van der Waals surface area contributed by atoms with Crippen molar-refractivity contribution < 1.29 is 19.4 Å². The number of carbonyl (C=O) groups excluding carboxylic acids is 1. The molecule has 0 aliphatic heterocycles. The van der Waals surface area contributed by atoms with Crippen LogP contribution in [0.4, 0.5) is 4.79 Å². The van der Waals surface area contributed by atoms with Gasteiger partial charge in [-0.2, -0.15) is 0 Å². The molecule has 0 saturated carbocycles. The molecule has 0 aliphatic rings. The third-order valence-corrected chi connectivity index (χ3v) is 3.55. The van der Waals surface area contributed by atoms with Crippen LogP contribution in [0.15, 0.2) is 24.3 Å². The number of nitrogens with zero attached hydrogens (tertiary/aromatic N) is 1. The molecule has 0 spiro atoms. The quantitative estimate of drug-likeness (QED) is 0.762. The van der Waals surface area contributed by atoms with Crippen molar-refractivity contribution in [2.75, 3.05) is 13.7 Å². The maximum Gasteiger partial charge on any atom is 0.409 e. The van der Waals surface area contributed by atoms with Crippen molar-refractivity contribution in [3.63, 3.8) is 0 Å². The van der Waals surface area contributed by atoms with Crippen LogP contribution in [0.2, 0.25) is 0 Å². The molecule has 0 bridgehead atoms. The van der Waals surface area contributed by atoms with E-state index in [0.29, 0.717) is 6.42 Å². The van der Waals surface area contributed by atoms with Crippen molar-refractivity contribution in [2.45, 2.75) is 29.6 Å². The van der Waals surface area contributed by atoms with Gasteiger partial charge in [-0.15, -0.1) is 0 Å². The van der Waals surface area contributed by atoms with E-state index in [1.54, 1.807) is 19.2 Å². The fraction of sp³-hybridized carbons (Fsp3) is 0.467. The van der Waals surface area contributed by atoms with Crippen LogP contribution in [-0.2, 0) is 22.4 Å². The average Bonchev–Trinajstić information content (AvgIpc) is 2.44. The molecule has 1 aromatic carbocycles. The van der Waals surface area contributed by atoms with Crippen molar-refractivity contribution in [3.05, 3.63) is 35.4 Å². The summed E-state index contributed by atoms with van der Waals surface area (Å²) in [6.07, 6.45) is -0.00227. The minimum Gasteiger partial charge on any atom is -0.481 e. The van der Waals surface area contributed by atoms with Crippen LogP contribution < -0.4 is 0 Å². The molecule has 23 heavy (non-hydrogen) atoms. The van der Waals surface area contributed by atoms with E-state index in [1.807, 2.05) is 19.1 Å². The smallest absolute Gasteiger partial charge is 0.409 e. The van der Waals surface area contributed by atoms with Crippen molar-refractivity contribution in [1.82, 2.24) is 4.90 Å². The van der Waals surface area contributed by atoms with Crippen LogP contribution in [0.5, 0.6) is 0 Å². The molecule has 0 unspecified atom stereocenters. The molecule has 8 heteroatoms. The number of hydrogen-bond acceptors (Lipinski definition) is 3. The molecule has 0 aliphatic carbocycles. The van der Waals surface area contributed by atoms with Gasteiger partial charge in [-0.1, -0.05) is 59.1 Å².